The highest BCUT2D eigenvalue weighted by atomic mass is 16.5. The Hall–Kier alpha value is -3.22. The van der Waals surface area contributed by atoms with E-state index in [9.17, 15) is 9.59 Å². The van der Waals surface area contributed by atoms with Crippen LogP contribution >= 0.6 is 0 Å². The fourth-order valence-electron chi connectivity index (χ4n) is 3.08. The van der Waals surface area contributed by atoms with Crippen LogP contribution in [0.5, 0.6) is 17.2 Å². The molecule has 1 aliphatic heterocycles. The lowest BCUT2D eigenvalue weighted by Crippen LogP contribution is -2.35. The minimum atomic E-state index is -0.302. The van der Waals surface area contributed by atoms with Crippen LogP contribution in [0.3, 0.4) is 0 Å². The van der Waals surface area contributed by atoms with Crippen molar-refractivity contribution in [2.24, 2.45) is 0 Å². The second-order valence-corrected chi connectivity index (χ2v) is 6.40. The monoisotopic (exact) mass is 384 g/mol. The summed E-state index contributed by atoms with van der Waals surface area (Å²) in [4.78, 5) is 26.2. The Balaban J connectivity index is 1.67. The Morgan fingerprint density at radius 3 is 2.64 bits per heavy atom. The number of amides is 2. The van der Waals surface area contributed by atoms with Gasteiger partial charge in [0.2, 0.25) is 5.91 Å². The minimum Gasteiger partial charge on any atom is -0.497 e. The second-order valence-electron chi connectivity index (χ2n) is 6.40. The van der Waals surface area contributed by atoms with Gasteiger partial charge in [0.1, 0.15) is 17.2 Å². The van der Waals surface area contributed by atoms with Crippen molar-refractivity contribution >= 4 is 23.2 Å². The molecule has 0 aliphatic carbocycles. The SMILES string of the molecule is COc1cccc(OCC(=O)Nc2ccc(OC)c(N3CCCCC3=O)c2)c1. The van der Waals surface area contributed by atoms with Gasteiger partial charge in [-0.2, -0.15) is 0 Å². The molecule has 0 spiro atoms. The first-order valence-electron chi connectivity index (χ1n) is 9.16. The standard InChI is InChI=1S/C21H24N2O5/c1-26-16-6-5-7-17(13-16)28-14-20(24)22-15-9-10-19(27-2)18(12-15)23-11-4-3-8-21(23)25/h5-7,9-10,12-13H,3-4,8,11,14H2,1-2H3,(H,22,24). The number of hydrogen-bond acceptors (Lipinski definition) is 5. The Labute approximate surface area is 164 Å². The molecule has 3 rings (SSSR count). The first-order valence-corrected chi connectivity index (χ1v) is 9.16. The van der Waals surface area contributed by atoms with E-state index in [-0.39, 0.29) is 18.4 Å². The van der Waals surface area contributed by atoms with Crippen molar-refractivity contribution < 1.29 is 23.8 Å². The lowest BCUT2D eigenvalue weighted by molar-refractivity contribution is -0.119. The van der Waals surface area contributed by atoms with Gasteiger partial charge in [0.25, 0.3) is 5.91 Å². The van der Waals surface area contributed by atoms with Gasteiger partial charge in [-0.05, 0) is 43.2 Å². The molecular weight excluding hydrogens is 360 g/mol. The van der Waals surface area contributed by atoms with Crippen LogP contribution in [0.1, 0.15) is 19.3 Å². The van der Waals surface area contributed by atoms with E-state index in [4.69, 9.17) is 14.2 Å². The van der Waals surface area contributed by atoms with Crippen molar-refractivity contribution in [2.45, 2.75) is 19.3 Å². The summed E-state index contributed by atoms with van der Waals surface area (Å²) in [5.74, 6) is 1.56. The molecule has 7 nitrogen and oxygen atoms in total. The van der Waals surface area contributed by atoms with Crippen LogP contribution < -0.4 is 24.4 Å². The number of ether oxygens (including phenoxy) is 3. The fraction of sp³-hybridized carbons (Fsp3) is 0.333. The van der Waals surface area contributed by atoms with Crippen molar-refractivity contribution in [3.8, 4) is 17.2 Å². The number of nitrogens with zero attached hydrogens (tertiary/aromatic N) is 1. The van der Waals surface area contributed by atoms with Gasteiger partial charge in [0, 0.05) is 24.7 Å². The molecule has 0 atom stereocenters. The highest BCUT2D eigenvalue weighted by Crippen LogP contribution is 2.33. The van der Waals surface area contributed by atoms with Crippen LogP contribution in [-0.2, 0) is 9.59 Å². The number of benzene rings is 2. The molecule has 0 bridgehead atoms. The summed E-state index contributed by atoms with van der Waals surface area (Å²) in [7, 11) is 3.13. The average Bonchev–Trinajstić information content (AvgIpc) is 2.73. The van der Waals surface area contributed by atoms with Gasteiger partial charge in [0.05, 0.1) is 19.9 Å². The number of anilines is 2. The first-order chi connectivity index (χ1) is 13.6. The Morgan fingerprint density at radius 2 is 1.89 bits per heavy atom. The summed E-state index contributed by atoms with van der Waals surface area (Å²) in [6.45, 7) is 0.503. The summed E-state index contributed by atoms with van der Waals surface area (Å²) < 4.78 is 16.0. The zero-order valence-corrected chi connectivity index (χ0v) is 16.1. The van der Waals surface area contributed by atoms with Crippen molar-refractivity contribution in [1.29, 1.82) is 0 Å². The van der Waals surface area contributed by atoms with Crippen LogP contribution in [-0.4, -0.2) is 39.2 Å². The van der Waals surface area contributed by atoms with Gasteiger partial charge in [-0.15, -0.1) is 0 Å². The van der Waals surface area contributed by atoms with Crippen molar-refractivity contribution in [2.75, 3.05) is 37.6 Å². The molecule has 2 aromatic rings. The molecule has 1 fully saturated rings. The molecule has 0 radical (unpaired) electrons. The van der Waals surface area contributed by atoms with Gasteiger partial charge in [-0.1, -0.05) is 6.07 Å². The van der Waals surface area contributed by atoms with Crippen LogP contribution in [0.2, 0.25) is 0 Å². The third-order valence-corrected chi connectivity index (χ3v) is 4.49. The molecular formula is C21H24N2O5. The van der Waals surface area contributed by atoms with Gasteiger partial charge in [-0.3, -0.25) is 9.59 Å². The van der Waals surface area contributed by atoms with E-state index < -0.39 is 0 Å². The zero-order valence-electron chi connectivity index (χ0n) is 16.1. The number of piperidine rings is 1. The highest BCUT2D eigenvalue weighted by Gasteiger charge is 2.23. The molecule has 148 valence electrons. The largest absolute Gasteiger partial charge is 0.497 e. The summed E-state index contributed by atoms with van der Waals surface area (Å²) in [6, 6.07) is 12.3. The number of rotatable bonds is 7. The Kier molecular flexibility index (Phi) is 6.37. The average molecular weight is 384 g/mol. The molecule has 7 heteroatoms. The molecule has 2 amide bonds. The van der Waals surface area contributed by atoms with Crippen LogP contribution in [0.15, 0.2) is 42.5 Å². The van der Waals surface area contributed by atoms with Crippen molar-refractivity contribution in [3.05, 3.63) is 42.5 Å². The molecule has 0 saturated carbocycles. The van der Waals surface area contributed by atoms with Crippen LogP contribution in [0.25, 0.3) is 0 Å². The van der Waals surface area contributed by atoms with E-state index in [1.165, 1.54) is 0 Å². The normalized spacial score (nSPS) is 13.8. The summed E-state index contributed by atoms with van der Waals surface area (Å²) in [5, 5.41) is 2.80. The predicted molar refractivity (Wildman–Crippen MR) is 106 cm³/mol. The summed E-state index contributed by atoms with van der Waals surface area (Å²) in [6.07, 6.45) is 2.36. The summed E-state index contributed by atoms with van der Waals surface area (Å²) in [5.41, 5.74) is 1.24. The van der Waals surface area contributed by atoms with E-state index >= 15 is 0 Å². The lowest BCUT2D eigenvalue weighted by Gasteiger charge is -2.28. The van der Waals surface area contributed by atoms with Crippen molar-refractivity contribution in [1.82, 2.24) is 0 Å². The third kappa shape index (κ3) is 4.73. The van der Waals surface area contributed by atoms with Crippen molar-refractivity contribution in [3.63, 3.8) is 0 Å². The smallest absolute Gasteiger partial charge is 0.262 e. The number of nitrogens with one attached hydrogen (secondary N) is 1. The minimum absolute atomic E-state index is 0.0642. The van der Waals surface area contributed by atoms with Gasteiger partial charge < -0.3 is 24.4 Å². The van der Waals surface area contributed by atoms with Gasteiger partial charge in [0.15, 0.2) is 6.61 Å². The lowest BCUT2D eigenvalue weighted by atomic mass is 10.1. The molecule has 1 saturated heterocycles. The number of carbonyl (C=O) groups excluding carboxylic acids is 2. The second kappa shape index (κ2) is 9.12. The maximum absolute atomic E-state index is 12.3. The predicted octanol–water partition coefficient (Wildman–Crippen LogP) is 3.24. The van der Waals surface area contributed by atoms with E-state index in [0.29, 0.717) is 41.6 Å². The Bertz CT molecular complexity index is 852. The number of hydrogen-bond donors (Lipinski definition) is 1. The van der Waals surface area contributed by atoms with E-state index in [1.54, 1.807) is 61.6 Å². The topological polar surface area (TPSA) is 77.1 Å². The number of methoxy groups -OCH3 is 2. The molecule has 0 unspecified atom stereocenters. The zero-order chi connectivity index (χ0) is 19.9. The van der Waals surface area contributed by atoms with Crippen LogP contribution in [0.4, 0.5) is 11.4 Å². The molecule has 1 heterocycles. The van der Waals surface area contributed by atoms with Gasteiger partial charge in [-0.25, -0.2) is 0 Å². The van der Waals surface area contributed by atoms with E-state index in [0.717, 1.165) is 12.8 Å². The number of carbonyl (C=O) groups is 2. The maximum atomic E-state index is 12.3. The maximum Gasteiger partial charge on any atom is 0.262 e. The highest BCUT2D eigenvalue weighted by molar-refractivity contribution is 5.97. The molecule has 1 aliphatic rings. The summed E-state index contributed by atoms with van der Waals surface area (Å²) >= 11 is 0. The molecule has 28 heavy (non-hydrogen) atoms. The van der Waals surface area contributed by atoms with Gasteiger partial charge >= 0.3 is 0 Å². The first kappa shape index (κ1) is 19.5. The molecule has 1 N–H and O–H groups in total. The van der Waals surface area contributed by atoms with E-state index in [2.05, 4.69) is 5.32 Å². The molecule has 0 aromatic heterocycles. The third-order valence-electron chi connectivity index (χ3n) is 4.49. The van der Waals surface area contributed by atoms with Crippen LogP contribution in [0, 0.1) is 0 Å². The van der Waals surface area contributed by atoms with E-state index in [1.807, 2.05) is 0 Å². The quantitative estimate of drug-likeness (QED) is 0.793. The Morgan fingerprint density at radius 1 is 1.07 bits per heavy atom. The molecule has 2 aromatic carbocycles. The fourth-order valence-corrected chi connectivity index (χ4v) is 3.08.